The molecule has 0 aliphatic rings. The second-order valence-corrected chi connectivity index (χ2v) is 6.97. The number of nitrogens with zero attached hydrogens (tertiary/aromatic N) is 1. The molecule has 0 spiro atoms. The number of phenols is 1. The second-order valence-electron chi connectivity index (χ2n) is 3.89. The van der Waals surface area contributed by atoms with Gasteiger partial charge >= 0.3 is 23.5 Å². The van der Waals surface area contributed by atoms with Crippen molar-refractivity contribution in [3.05, 3.63) is 36.5 Å². The highest BCUT2D eigenvalue weighted by Gasteiger charge is 2.01. The number of pyridine rings is 1. The van der Waals surface area contributed by atoms with E-state index in [-0.39, 0.29) is 23.1 Å². The molecule has 2 aromatic rings. The Balaban J connectivity index is -0.000000311. The van der Waals surface area contributed by atoms with Gasteiger partial charge in [-0.15, -0.1) is 0 Å². The van der Waals surface area contributed by atoms with Gasteiger partial charge in [0.25, 0.3) is 0 Å². The van der Waals surface area contributed by atoms with Crippen molar-refractivity contribution in [3.63, 3.8) is 0 Å². The van der Waals surface area contributed by atoms with Crippen LogP contribution < -0.4 is 0 Å². The SMILES string of the molecule is O=P(O)(O)O.O=P(O)(O)O.O=P(O)(O)O.Oc1cccc2cccnc12.[AlH3]. The third kappa shape index (κ3) is 33.3. The Labute approximate surface area is 162 Å². The molecule has 0 fully saturated rings. The van der Waals surface area contributed by atoms with Gasteiger partial charge in [-0.3, -0.25) is 4.98 Å². The van der Waals surface area contributed by atoms with Gasteiger partial charge in [0, 0.05) is 11.6 Å². The summed E-state index contributed by atoms with van der Waals surface area (Å²) in [6, 6.07) is 9.13. The third-order valence-corrected chi connectivity index (χ3v) is 1.61. The van der Waals surface area contributed by atoms with E-state index in [1.54, 1.807) is 18.3 Å². The van der Waals surface area contributed by atoms with Crippen molar-refractivity contribution >= 4 is 51.7 Å². The molecule has 1 heterocycles. The van der Waals surface area contributed by atoms with Crippen LogP contribution in [0.15, 0.2) is 36.5 Å². The number of benzene rings is 1. The molecule has 0 unspecified atom stereocenters. The van der Waals surface area contributed by atoms with Gasteiger partial charge in [0.1, 0.15) is 11.3 Å². The van der Waals surface area contributed by atoms with Gasteiger partial charge in [0.15, 0.2) is 17.4 Å². The minimum Gasteiger partial charge on any atom is -0.506 e. The van der Waals surface area contributed by atoms with Gasteiger partial charge in [0.2, 0.25) is 0 Å². The molecule has 14 nitrogen and oxygen atoms in total. The number of aromatic nitrogens is 1. The zero-order chi connectivity index (χ0) is 21.2. The summed E-state index contributed by atoms with van der Waals surface area (Å²) in [7, 11) is -13.9. The maximum Gasteiger partial charge on any atom is 0.466 e. The molecule has 0 bridgehead atoms. The molecule has 10 N–H and O–H groups in total. The average Bonchev–Trinajstić information content (AvgIpc) is 2.33. The van der Waals surface area contributed by atoms with E-state index in [4.69, 9.17) is 57.7 Å². The molecule has 0 aliphatic carbocycles. The van der Waals surface area contributed by atoms with Crippen molar-refractivity contribution in [1.29, 1.82) is 0 Å². The summed E-state index contributed by atoms with van der Waals surface area (Å²) in [5.41, 5.74) is 0.662. The molecule has 1 aromatic carbocycles. The lowest BCUT2D eigenvalue weighted by atomic mass is 10.2. The summed E-state index contributed by atoms with van der Waals surface area (Å²) < 4.78 is 26.6. The molecule has 1 aromatic heterocycles. The first-order valence-corrected chi connectivity index (χ1v) is 10.4. The zero-order valence-corrected chi connectivity index (χ0v) is 15.1. The van der Waals surface area contributed by atoms with Gasteiger partial charge in [-0.1, -0.05) is 18.2 Å². The van der Waals surface area contributed by atoms with Crippen molar-refractivity contribution in [2.75, 3.05) is 0 Å². The van der Waals surface area contributed by atoms with Crippen molar-refractivity contribution in [3.8, 4) is 5.75 Å². The van der Waals surface area contributed by atoms with E-state index in [1.165, 1.54) is 0 Å². The zero-order valence-electron chi connectivity index (χ0n) is 12.4. The molecule has 18 heteroatoms. The molecular formula is C9H19AlNO13P3. The molecule has 0 saturated heterocycles. The van der Waals surface area contributed by atoms with Crippen LogP contribution in [-0.2, 0) is 13.7 Å². The van der Waals surface area contributed by atoms with E-state index >= 15 is 0 Å². The van der Waals surface area contributed by atoms with Crippen molar-refractivity contribution < 1.29 is 62.8 Å². The average molecular weight is 469 g/mol. The lowest BCUT2D eigenvalue weighted by molar-refractivity contribution is 0.272. The largest absolute Gasteiger partial charge is 0.506 e. The molecule has 156 valence electrons. The smallest absolute Gasteiger partial charge is 0.466 e. The van der Waals surface area contributed by atoms with E-state index in [1.807, 2.05) is 18.2 Å². The highest BCUT2D eigenvalue weighted by atomic mass is 31.2. The number of hydrogen-bond acceptors (Lipinski definition) is 5. The minimum atomic E-state index is -4.64. The van der Waals surface area contributed by atoms with Crippen molar-refractivity contribution in [2.24, 2.45) is 0 Å². The van der Waals surface area contributed by atoms with Crippen LogP contribution in [0.3, 0.4) is 0 Å². The summed E-state index contributed by atoms with van der Waals surface area (Å²) in [5, 5.41) is 10.3. The number of phenolic OH excluding ortho intramolecular Hbond substituents is 1. The Bertz CT molecular complexity index is 738. The predicted octanol–water partition coefficient (Wildman–Crippen LogP) is -2.03. The summed E-state index contributed by atoms with van der Waals surface area (Å²) in [6.45, 7) is 0. The van der Waals surface area contributed by atoms with Gasteiger partial charge < -0.3 is 49.1 Å². The molecule has 0 amide bonds. The van der Waals surface area contributed by atoms with Gasteiger partial charge in [0.05, 0.1) is 0 Å². The molecule has 0 radical (unpaired) electrons. The van der Waals surface area contributed by atoms with Crippen LogP contribution in [-0.4, -0.2) is 71.5 Å². The van der Waals surface area contributed by atoms with Gasteiger partial charge in [-0.2, -0.15) is 0 Å². The minimum absolute atomic E-state index is 0. The number of para-hydroxylation sites is 1. The number of fused-ring (bicyclic) bond motifs is 1. The van der Waals surface area contributed by atoms with E-state index in [0.29, 0.717) is 5.52 Å². The van der Waals surface area contributed by atoms with Crippen molar-refractivity contribution in [1.82, 2.24) is 4.98 Å². The monoisotopic (exact) mass is 469 g/mol. The van der Waals surface area contributed by atoms with Gasteiger partial charge in [-0.05, 0) is 12.1 Å². The molecule has 0 atom stereocenters. The lowest BCUT2D eigenvalue weighted by Gasteiger charge is -1.96. The van der Waals surface area contributed by atoms with E-state index in [0.717, 1.165) is 5.39 Å². The Hall–Kier alpha value is -0.708. The third-order valence-electron chi connectivity index (χ3n) is 1.61. The Kier molecular flexibility index (Phi) is 15.5. The van der Waals surface area contributed by atoms with E-state index < -0.39 is 23.5 Å². The van der Waals surface area contributed by atoms with Gasteiger partial charge in [-0.25, -0.2) is 13.7 Å². The second kappa shape index (κ2) is 13.5. The maximum absolute atomic E-state index is 9.31. The summed E-state index contributed by atoms with van der Waals surface area (Å²) in [6.07, 6.45) is 1.67. The number of aromatic hydroxyl groups is 1. The summed E-state index contributed by atoms with van der Waals surface area (Å²) in [4.78, 5) is 68.7. The molecule has 2 rings (SSSR count). The standard InChI is InChI=1S/C9H7NO.Al.3H3O4P.3H/c11-8-5-1-3-7-4-2-6-10-9(7)8;;3*1-5(2,3)4;;;/h1-6,11H;;3*(H3,1,2,3,4);;;. The topological polar surface area (TPSA) is 266 Å². The van der Waals surface area contributed by atoms with Crippen LogP contribution in [0, 0.1) is 0 Å². The summed E-state index contributed by atoms with van der Waals surface area (Å²) >= 11 is 0. The highest BCUT2D eigenvalue weighted by Crippen LogP contribution is 2.26. The molecule has 27 heavy (non-hydrogen) atoms. The number of hydrogen-bond donors (Lipinski definition) is 10. The first-order chi connectivity index (χ1) is 11.4. The predicted molar refractivity (Wildman–Crippen MR) is 96.1 cm³/mol. The van der Waals surface area contributed by atoms with Crippen LogP contribution in [0.4, 0.5) is 0 Å². The Morgan fingerprint density at radius 3 is 1.33 bits per heavy atom. The van der Waals surface area contributed by atoms with Crippen LogP contribution >= 0.6 is 23.5 Å². The fourth-order valence-electron chi connectivity index (χ4n) is 1.09. The fraction of sp³-hybridized carbons (Fsp3) is 0. The number of phosphoric acid groups is 3. The van der Waals surface area contributed by atoms with E-state index in [9.17, 15) is 5.11 Å². The first kappa shape index (κ1) is 31.0. The van der Waals surface area contributed by atoms with Crippen LogP contribution in [0.25, 0.3) is 10.9 Å². The first-order valence-electron chi connectivity index (χ1n) is 5.75. The Morgan fingerprint density at radius 2 is 1.00 bits per heavy atom. The van der Waals surface area contributed by atoms with Crippen LogP contribution in [0.2, 0.25) is 0 Å². The molecule has 0 saturated carbocycles. The van der Waals surface area contributed by atoms with E-state index in [2.05, 4.69) is 4.98 Å². The van der Waals surface area contributed by atoms with Crippen LogP contribution in [0.1, 0.15) is 0 Å². The lowest BCUT2D eigenvalue weighted by Crippen LogP contribution is -1.76. The molecule has 0 aliphatic heterocycles. The summed E-state index contributed by atoms with van der Waals surface area (Å²) in [5.74, 6) is 0.239. The molecular weight excluding hydrogens is 450 g/mol. The Morgan fingerprint density at radius 1 is 0.667 bits per heavy atom. The normalized spacial score (nSPS) is 10.7. The maximum atomic E-state index is 9.31. The quantitative estimate of drug-likeness (QED) is 0.147. The number of rotatable bonds is 0. The fourth-order valence-corrected chi connectivity index (χ4v) is 1.09. The van der Waals surface area contributed by atoms with Crippen molar-refractivity contribution in [2.45, 2.75) is 0 Å². The van der Waals surface area contributed by atoms with Crippen LogP contribution in [0.5, 0.6) is 5.75 Å². The highest BCUT2D eigenvalue weighted by molar-refractivity contribution is 7.45.